The summed E-state index contributed by atoms with van der Waals surface area (Å²) < 4.78 is 13.2. The third-order valence-corrected chi connectivity index (χ3v) is 4.81. The van der Waals surface area contributed by atoms with Gasteiger partial charge in [-0.1, -0.05) is 30.7 Å². The highest BCUT2D eigenvalue weighted by atomic mass is 35.5. The number of carbonyl (C=O) groups is 1. The number of nitrogens with two attached hydrogens (primary N) is 1. The van der Waals surface area contributed by atoms with Gasteiger partial charge in [-0.25, -0.2) is 4.39 Å². The van der Waals surface area contributed by atoms with Gasteiger partial charge in [-0.3, -0.25) is 4.79 Å². The van der Waals surface area contributed by atoms with Crippen LogP contribution in [0.4, 0.5) is 4.39 Å². The molecule has 0 aliphatic heterocycles. The third-order valence-electron chi connectivity index (χ3n) is 4.13. The summed E-state index contributed by atoms with van der Waals surface area (Å²) in [4.78, 5) is 12.7. The molecule has 1 aromatic rings. The van der Waals surface area contributed by atoms with Gasteiger partial charge in [0.2, 0.25) is 0 Å². The molecule has 1 saturated carbocycles. The molecule has 1 aromatic carbocycles. The van der Waals surface area contributed by atoms with Crippen molar-refractivity contribution in [1.82, 2.24) is 5.32 Å². The van der Waals surface area contributed by atoms with E-state index in [0.717, 1.165) is 25.7 Å². The molecular weight excluding hydrogens is 311 g/mol. The molecule has 0 radical (unpaired) electrons. The van der Waals surface area contributed by atoms with Crippen molar-refractivity contribution < 1.29 is 9.18 Å². The van der Waals surface area contributed by atoms with E-state index in [2.05, 4.69) is 12.2 Å². The molecule has 0 bridgehead atoms. The minimum atomic E-state index is -0.653. The summed E-state index contributed by atoms with van der Waals surface area (Å²) >= 11 is 10.9. The zero-order chi connectivity index (χ0) is 15.6. The van der Waals surface area contributed by atoms with E-state index in [1.807, 2.05) is 0 Å². The summed E-state index contributed by atoms with van der Waals surface area (Å²) in [6.45, 7) is 2.17. The van der Waals surface area contributed by atoms with Crippen molar-refractivity contribution in [1.29, 1.82) is 0 Å². The average molecular weight is 329 g/mol. The molecule has 1 aliphatic carbocycles. The zero-order valence-electron chi connectivity index (χ0n) is 11.8. The highest BCUT2D eigenvalue weighted by Crippen LogP contribution is 2.32. The van der Waals surface area contributed by atoms with Crippen LogP contribution in [0.15, 0.2) is 18.2 Å². The van der Waals surface area contributed by atoms with Gasteiger partial charge in [0.1, 0.15) is 5.82 Å². The first kappa shape index (κ1) is 16.2. The van der Waals surface area contributed by atoms with Gasteiger partial charge in [0.05, 0.1) is 15.6 Å². The number of carbonyl (C=O) groups excluding carboxylic acids is 1. The first-order valence-corrected chi connectivity index (χ1v) is 7.70. The van der Waals surface area contributed by atoms with E-state index in [9.17, 15) is 9.18 Å². The Bertz CT molecular complexity index is 571. The second-order valence-electron chi connectivity index (χ2n) is 5.71. The van der Waals surface area contributed by atoms with Gasteiger partial charge in [-0.2, -0.15) is 0 Å². The van der Waals surface area contributed by atoms with Crippen LogP contribution in [0.25, 0.3) is 0 Å². The molecule has 0 spiro atoms. The van der Waals surface area contributed by atoms with E-state index in [1.54, 1.807) is 0 Å². The van der Waals surface area contributed by atoms with E-state index < -0.39 is 11.4 Å². The monoisotopic (exact) mass is 328 g/mol. The fourth-order valence-electron chi connectivity index (χ4n) is 2.61. The van der Waals surface area contributed by atoms with E-state index >= 15 is 0 Å². The second kappa shape index (κ2) is 6.28. The van der Waals surface area contributed by atoms with Crippen LogP contribution in [0.5, 0.6) is 0 Å². The Balaban J connectivity index is 2.19. The van der Waals surface area contributed by atoms with Gasteiger partial charge in [0.25, 0.3) is 5.91 Å². The van der Waals surface area contributed by atoms with Gasteiger partial charge in [0, 0.05) is 5.56 Å². The minimum absolute atomic E-state index is 0.0794. The van der Waals surface area contributed by atoms with Crippen molar-refractivity contribution in [2.75, 3.05) is 0 Å². The Labute approximate surface area is 134 Å². The normalized spacial score (nSPS) is 25.4. The highest BCUT2D eigenvalue weighted by molar-refractivity contribution is 7.80. The molecular formula is C15H18ClFN2OS. The van der Waals surface area contributed by atoms with Crippen LogP contribution in [0, 0.1) is 11.7 Å². The lowest BCUT2D eigenvalue weighted by molar-refractivity contribution is 0.0900. The van der Waals surface area contributed by atoms with Gasteiger partial charge >= 0.3 is 0 Å². The van der Waals surface area contributed by atoms with Gasteiger partial charge in [-0.05, 0) is 49.8 Å². The molecule has 0 unspecified atom stereocenters. The van der Waals surface area contributed by atoms with Crippen molar-refractivity contribution in [3.05, 3.63) is 34.6 Å². The molecule has 21 heavy (non-hydrogen) atoms. The maximum Gasteiger partial charge on any atom is 0.252 e. The molecule has 0 atom stereocenters. The third kappa shape index (κ3) is 3.52. The summed E-state index contributed by atoms with van der Waals surface area (Å²) in [5.41, 5.74) is 5.51. The van der Waals surface area contributed by atoms with E-state index in [4.69, 9.17) is 29.6 Å². The Morgan fingerprint density at radius 3 is 2.62 bits per heavy atom. The summed E-state index contributed by atoms with van der Waals surface area (Å²) in [7, 11) is 0. The number of nitrogens with one attached hydrogen (secondary N) is 1. The number of hydrogen-bond acceptors (Lipinski definition) is 2. The molecule has 1 aliphatic rings. The first-order valence-electron chi connectivity index (χ1n) is 6.91. The smallest absolute Gasteiger partial charge is 0.252 e. The predicted molar refractivity (Wildman–Crippen MR) is 86.0 cm³/mol. The molecule has 2 rings (SSSR count). The lowest BCUT2D eigenvalue weighted by Crippen LogP contribution is -2.58. The fourth-order valence-corrected chi connectivity index (χ4v) is 3.05. The largest absolute Gasteiger partial charge is 0.391 e. The number of benzene rings is 1. The molecule has 0 aromatic heterocycles. The molecule has 1 fully saturated rings. The Morgan fingerprint density at radius 2 is 2.10 bits per heavy atom. The first-order chi connectivity index (χ1) is 9.84. The quantitative estimate of drug-likeness (QED) is 0.836. The Kier molecular flexibility index (Phi) is 4.84. The van der Waals surface area contributed by atoms with Crippen molar-refractivity contribution in [2.45, 2.75) is 38.1 Å². The van der Waals surface area contributed by atoms with Gasteiger partial charge in [-0.15, -0.1) is 0 Å². The molecule has 114 valence electrons. The van der Waals surface area contributed by atoms with E-state index in [0.29, 0.717) is 16.5 Å². The lowest BCUT2D eigenvalue weighted by Gasteiger charge is -2.39. The van der Waals surface area contributed by atoms with Gasteiger partial charge in [0.15, 0.2) is 0 Å². The number of thiocarbonyl (C=S) groups is 1. The SMILES string of the molecule is CC1CCC(NC(=O)c2ccc(F)c(Cl)c2)(C(N)=S)CC1. The number of halogens is 2. The summed E-state index contributed by atoms with van der Waals surface area (Å²) in [6.07, 6.45) is 3.37. The Hall–Kier alpha value is -1.20. The molecule has 3 N–H and O–H groups in total. The molecule has 3 nitrogen and oxygen atoms in total. The van der Waals surface area contributed by atoms with Crippen LogP contribution in [0.3, 0.4) is 0 Å². The molecule has 1 amide bonds. The lowest BCUT2D eigenvalue weighted by atomic mass is 9.77. The summed E-state index contributed by atoms with van der Waals surface area (Å²) in [5.74, 6) is -0.285. The molecule has 6 heteroatoms. The van der Waals surface area contributed by atoms with Crippen LogP contribution < -0.4 is 11.1 Å². The van der Waals surface area contributed by atoms with Gasteiger partial charge < -0.3 is 11.1 Å². The van der Waals surface area contributed by atoms with Crippen molar-refractivity contribution in [2.24, 2.45) is 11.7 Å². The standard InChI is InChI=1S/C15H18ClFN2OS/c1-9-4-6-15(7-5-9,14(18)21)19-13(20)10-2-3-12(17)11(16)8-10/h2-3,8-9H,4-7H2,1H3,(H2,18,21)(H,19,20). The average Bonchev–Trinajstić information content (AvgIpc) is 2.44. The predicted octanol–water partition coefficient (Wildman–Crippen LogP) is 3.44. The highest BCUT2D eigenvalue weighted by Gasteiger charge is 2.38. The number of hydrogen-bond donors (Lipinski definition) is 2. The zero-order valence-corrected chi connectivity index (χ0v) is 13.4. The van der Waals surface area contributed by atoms with Crippen molar-refractivity contribution in [3.63, 3.8) is 0 Å². The van der Waals surface area contributed by atoms with Crippen LogP contribution >= 0.6 is 23.8 Å². The summed E-state index contributed by atoms with van der Waals surface area (Å²) in [5, 5.41) is 2.85. The van der Waals surface area contributed by atoms with Crippen LogP contribution in [0.1, 0.15) is 43.0 Å². The summed E-state index contributed by atoms with van der Waals surface area (Å²) in [6, 6.07) is 3.88. The van der Waals surface area contributed by atoms with E-state index in [1.165, 1.54) is 18.2 Å². The number of amides is 1. The number of rotatable bonds is 3. The molecule has 0 saturated heterocycles. The topological polar surface area (TPSA) is 55.1 Å². The maximum absolute atomic E-state index is 13.2. The maximum atomic E-state index is 13.2. The van der Waals surface area contributed by atoms with E-state index in [-0.39, 0.29) is 10.9 Å². The Morgan fingerprint density at radius 1 is 1.48 bits per heavy atom. The van der Waals surface area contributed by atoms with Crippen LogP contribution in [-0.4, -0.2) is 16.4 Å². The minimum Gasteiger partial charge on any atom is -0.391 e. The van der Waals surface area contributed by atoms with Crippen molar-refractivity contribution >= 4 is 34.7 Å². The van der Waals surface area contributed by atoms with Crippen LogP contribution in [-0.2, 0) is 0 Å². The van der Waals surface area contributed by atoms with Crippen LogP contribution in [0.2, 0.25) is 5.02 Å². The van der Waals surface area contributed by atoms with Crippen molar-refractivity contribution in [3.8, 4) is 0 Å². The second-order valence-corrected chi connectivity index (χ2v) is 6.56. The molecule has 0 heterocycles. The fraction of sp³-hybridized carbons (Fsp3) is 0.467.